The summed E-state index contributed by atoms with van der Waals surface area (Å²) in [6.07, 6.45) is 0. The third-order valence-electron chi connectivity index (χ3n) is 4.90. The minimum atomic E-state index is 0.0526. The number of nitrogens with zero attached hydrogens (tertiary/aromatic N) is 3. The lowest BCUT2D eigenvalue weighted by Gasteiger charge is -2.26. The topological polar surface area (TPSA) is 71.1 Å². The summed E-state index contributed by atoms with van der Waals surface area (Å²) in [7, 11) is 0. The van der Waals surface area contributed by atoms with Crippen molar-refractivity contribution in [1.29, 1.82) is 0 Å². The molecule has 5 rings (SSSR count). The zero-order chi connectivity index (χ0) is 18.9. The predicted octanol–water partition coefficient (Wildman–Crippen LogP) is 3.83. The van der Waals surface area contributed by atoms with Crippen molar-refractivity contribution in [2.24, 2.45) is 0 Å². The van der Waals surface area contributed by atoms with Gasteiger partial charge in [0, 0.05) is 35.0 Å². The molecule has 1 aliphatic heterocycles. The second kappa shape index (κ2) is 7.18. The highest BCUT2D eigenvalue weighted by molar-refractivity contribution is 7.13. The van der Waals surface area contributed by atoms with Gasteiger partial charge in [-0.2, -0.15) is 5.10 Å². The van der Waals surface area contributed by atoms with Crippen LogP contribution < -0.4 is 0 Å². The van der Waals surface area contributed by atoms with Gasteiger partial charge in [0.15, 0.2) is 0 Å². The Balaban J connectivity index is 1.39. The molecule has 3 heterocycles. The number of carbonyl (C=O) groups is 1. The molecule has 2 aromatic heterocycles. The number of nitrogens with one attached hydrogen (secondary N) is 1. The number of hydrogen-bond donors (Lipinski definition) is 1. The molecule has 28 heavy (non-hydrogen) atoms. The number of carbonyl (C=O) groups excluding carboxylic acids is 1. The predicted molar refractivity (Wildman–Crippen MR) is 109 cm³/mol. The number of hydrogen-bond acceptors (Lipinski definition) is 5. The van der Waals surface area contributed by atoms with Gasteiger partial charge in [-0.15, -0.1) is 11.3 Å². The number of H-pyrrole nitrogens is 1. The van der Waals surface area contributed by atoms with Crippen LogP contribution in [0.1, 0.15) is 10.4 Å². The minimum Gasteiger partial charge on any atom is -0.378 e. The van der Waals surface area contributed by atoms with E-state index in [0.29, 0.717) is 31.9 Å². The van der Waals surface area contributed by atoms with Gasteiger partial charge in [-0.25, -0.2) is 4.98 Å². The summed E-state index contributed by atoms with van der Waals surface area (Å²) in [5.41, 5.74) is 4.43. The molecule has 1 saturated heterocycles. The molecule has 140 valence electrons. The Bertz CT molecular complexity index is 1130. The first-order valence-electron chi connectivity index (χ1n) is 9.16. The average Bonchev–Trinajstić information content (AvgIpc) is 3.41. The summed E-state index contributed by atoms with van der Waals surface area (Å²) in [4.78, 5) is 19.2. The number of aromatic nitrogens is 3. The molecule has 1 N–H and O–H groups in total. The molecule has 1 amide bonds. The number of ether oxygens (including phenoxy) is 1. The highest BCUT2D eigenvalue weighted by Gasteiger charge is 2.19. The van der Waals surface area contributed by atoms with E-state index in [0.717, 1.165) is 32.9 Å². The number of rotatable bonds is 3. The summed E-state index contributed by atoms with van der Waals surface area (Å²) in [5.74, 6) is 0.0526. The molecule has 0 bridgehead atoms. The monoisotopic (exact) mass is 390 g/mol. The SMILES string of the molecule is O=C(c1ccc(-c2csc(-c3n[nH]c4ccccc34)n2)cc1)N1CCOCC1. The van der Waals surface area contributed by atoms with Gasteiger partial charge >= 0.3 is 0 Å². The molecule has 0 aliphatic carbocycles. The van der Waals surface area contributed by atoms with Gasteiger partial charge in [-0.05, 0) is 18.2 Å². The van der Waals surface area contributed by atoms with E-state index < -0.39 is 0 Å². The fourth-order valence-corrected chi connectivity index (χ4v) is 4.20. The number of aromatic amines is 1. The van der Waals surface area contributed by atoms with Crippen LogP contribution >= 0.6 is 11.3 Å². The zero-order valence-corrected chi connectivity index (χ0v) is 15.9. The lowest BCUT2D eigenvalue weighted by Crippen LogP contribution is -2.40. The van der Waals surface area contributed by atoms with Crippen molar-refractivity contribution in [2.75, 3.05) is 26.3 Å². The maximum atomic E-state index is 12.6. The van der Waals surface area contributed by atoms with Crippen molar-refractivity contribution in [3.05, 3.63) is 59.5 Å². The van der Waals surface area contributed by atoms with Crippen LogP contribution in [0.5, 0.6) is 0 Å². The van der Waals surface area contributed by atoms with E-state index in [2.05, 4.69) is 10.2 Å². The van der Waals surface area contributed by atoms with E-state index in [4.69, 9.17) is 9.72 Å². The third-order valence-corrected chi connectivity index (χ3v) is 5.75. The number of amides is 1. The average molecular weight is 390 g/mol. The Kier molecular flexibility index (Phi) is 4.38. The van der Waals surface area contributed by atoms with Gasteiger partial charge < -0.3 is 9.64 Å². The van der Waals surface area contributed by atoms with Gasteiger partial charge in [-0.3, -0.25) is 9.89 Å². The number of thiazole rings is 1. The van der Waals surface area contributed by atoms with E-state index in [1.54, 1.807) is 11.3 Å². The Morgan fingerprint density at radius 1 is 1.07 bits per heavy atom. The van der Waals surface area contributed by atoms with E-state index in [1.807, 2.05) is 58.8 Å². The number of benzene rings is 2. The van der Waals surface area contributed by atoms with Crippen LogP contribution in [0.3, 0.4) is 0 Å². The van der Waals surface area contributed by atoms with Crippen molar-refractivity contribution in [3.63, 3.8) is 0 Å². The summed E-state index contributed by atoms with van der Waals surface area (Å²) >= 11 is 1.57. The van der Waals surface area contributed by atoms with Crippen LogP contribution in [-0.2, 0) is 4.74 Å². The Labute approximate surface area is 165 Å². The van der Waals surface area contributed by atoms with Crippen LogP contribution in [0.4, 0.5) is 0 Å². The molecule has 0 spiro atoms. The highest BCUT2D eigenvalue weighted by Crippen LogP contribution is 2.32. The van der Waals surface area contributed by atoms with Crippen LogP contribution in [0, 0.1) is 0 Å². The summed E-state index contributed by atoms with van der Waals surface area (Å²) in [6.45, 7) is 2.50. The largest absolute Gasteiger partial charge is 0.378 e. The van der Waals surface area contributed by atoms with Gasteiger partial charge in [-0.1, -0.05) is 30.3 Å². The van der Waals surface area contributed by atoms with E-state index in [-0.39, 0.29) is 5.91 Å². The Hall–Kier alpha value is -3.03. The van der Waals surface area contributed by atoms with Gasteiger partial charge in [0.05, 0.1) is 24.4 Å². The Morgan fingerprint density at radius 2 is 1.86 bits per heavy atom. The van der Waals surface area contributed by atoms with Crippen LogP contribution in [0.2, 0.25) is 0 Å². The van der Waals surface area contributed by atoms with Crippen molar-refractivity contribution in [3.8, 4) is 22.0 Å². The smallest absolute Gasteiger partial charge is 0.254 e. The lowest BCUT2D eigenvalue weighted by atomic mass is 10.1. The first-order chi connectivity index (χ1) is 13.8. The maximum absolute atomic E-state index is 12.6. The van der Waals surface area contributed by atoms with Crippen molar-refractivity contribution in [2.45, 2.75) is 0 Å². The van der Waals surface area contributed by atoms with Crippen molar-refractivity contribution in [1.82, 2.24) is 20.1 Å². The van der Waals surface area contributed by atoms with Crippen molar-refractivity contribution < 1.29 is 9.53 Å². The van der Waals surface area contributed by atoms with E-state index in [1.165, 1.54) is 0 Å². The number of para-hydroxylation sites is 1. The summed E-state index contributed by atoms with van der Waals surface area (Å²) < 4.78 is 5.31. The molecule has 0 saturated carbocycles. The van der Waals surface area contributed by atoms with Gasteiger partial charge in [0.2, 0.25) is 0 Å². The zero-order valence-electron chi connectivity index (χ0n) is 15.1. The van der Waals surface area contributed by atoms with Gasteiger partial charge in [0.1, 0.15) is 10.7 Å². The first-order valence-corrected chi connectivity index (χ1v) is 10.0. The molecule has 1 aliphatic rings. The normalized spacial score (nSPS) is 14.5. The molecule has 2 aromatic carbocycles. The molecule has 4 aromatic rings. The Morgan fingerprint density at radius 3 is 2.68 bits per heavy atom. The van der Waals surface area contributed by atoms with Crippen LogP contribution in [0.25, 0.3) is 32.9 Å². The van der Waals surface area contributed by atoms with Crippen LogP contribution in [-0.4, -0.2) is 52.3 Å². The maximum Gasteiger partial charge on any atom is 0.254 e. The van der Waals surface area contributed by atoms with E-state index >= 15 is 0 Å². The molecule has 7 heteroatoms. The minimum absolute atomic E-state index is 0.0526. The molecular formula is C21H18N4O2S. The molecule has 0 radical (unpaired) electrons. The second-order valence-electron chi connectivity index (χ2n) is 6.64. The fourth-order valence-electron chi connectivity index (χ4n) is 3.37. The molecule has 6 nitrogen and oxygen atoms in total. The molecular weight excluding hydrogens is 372 g/mol. The van der Waals surface area contributed by atoms with E-state index in [9.17, 15) is 4.79 Å². The fraction of sp³-hybridized carbons (Fsp3) is 0.190. The number of fused-ring (bicyclic) bond motifs is 1. The van der Waals surface area contributed by atoms with Crippen molar-refractivity contribution >= 4 is 28.1 Å². The second-order valence-corrected chi connectivity index (χ2v) is 7.50. The lowest BCUT2D eigenvalue weighted by molar-refractivity contribution is 0.0303. The summed E-state index contributed by atoms with van der Waals surface area (Å²) in [6, 6.07) is 15.7. The third kappa shape index (κ3) is 3.08. The first kappa shape index (κ1) is 17.1. The van der Waals surface area contributed by atoms with Gasteiger partial charge in [0.25, 0.3) is 5.91 Å². The highest BCUT2D eigenvalue weighted by atomic mass is 32.1. The molecule has 0 unspecified atom stereocenters. The standard InChI is InChI=1S/C21H18N4O2S/c26-21(25-9-11-27-12-10-25)15-7-5-14(6-8-15)18-13-28-20(22-18)19-16-3-1-2-4-17(16)23-24-19/h1-8,13H,9-12H2,(H,23,24). The quantitative estimate of drug-likeness (QED) is 0.577. The van der Waals surface area contributed by atoms with Crippen LogP contribution in [0.15, 0.2) is 53.9 Å². The summed E-state index contributed by atoms with van der Waals surface area (Å²) in [5, 5.41) is 11.4. The molecule has 0 atom stereocenters. The number of morpholine rings is 1. The molecule has 1 fully saturated rings.